The van der Waals surface area contributed by atoms with Gasteiger partial charge in [-0.15, -0.1) is 0 Å². The Labute approximate surface area is 182 Å². The van der Waals surface area contributed by atoms with Crippen LogP contribution in [-0.2, 0) is 4.74 Å². The van der Waals surface area contributed by atoms with Crippen LogP contribution in [0.3, 0.4) is 0 Å². The Morgan fingerprint density at radius 2 is 2.00 bits per heavy atom. The van der Waals surface area contributed by atoms with Crippen molar-refractivity contribution in [3.63, 3.8) is 0 Å². The van der Waals surface area contributed by atoms with Crippen LogP contribution in [0.25, 0.3) is 21.9 Å². The molecule has 31 heavy (non-hydrogen) atoms. The van der Waals surface area contributed by atoms with Crippen molar-refractivity contribution in [2.75, 3.05) is 13.2 Å². The average Bonchev–Trinajstić information content (AvgIpc) is 3.31. The number of hydrogen-bond acceptors (Lipinski definition) is 5. The highest BCUT2D eigenvalue weighted by atomic mass is 35.5. The normalized spacial score (nSPS) is 16.3. The quantitative estimate of drug-likeness (QED) is 0.391. The summed E-state index contributed by atoms with van der Waals surface area (Å²) >= 11 is 6.19. The molecule has 0 radical (unpaired) electrons. The van der Waals surface area contributed by atoms with Crippen LogP contribution in [0.5, 0.6) is 0 Å². The zero-order valence-corrected chi connectivity index (χ0v) is 17.9. The van der Waals surface area contributed by atoms with Gasteiger partial charge in [0.1, 0.15) is 17.3 Å². The summed E-state index contributed by atoms with van der Waals surface area (Å²) < 4.78 is 27.5. The predicted octanol–water partition coefficient (Wildman–Crippen LogP) is 5.50. The number of nitrogens with zero attached hydrogens (tertiary/aromatic N) is 3. The number of pyridine rings is 1. The van der Waals surface area contributed by atoms with Crippen molar-refractivity contribution in [2.45, 2.75) is 32.7 Å². The van der Waals surface area contributed by atoms with Gasteiger partial charge in [-0.1, -0.05) is 16.8 Å². The molecule has 8 heteroatoms. The number of ketones is 1. The van der Waals surface area contributed by atoms with E-state index < -0.39 is 5.82 Å². The highest BCUT2D eigenvalue weighted by Crippen LogP contribution is 2.41. The monoisotopic (exact) mass is 441 g/mol. The Kier molecular flexibility index (Phi) is 5.02. The summed E-state index contributed by atoms with van der Waals surface area (Å²) in [6, 6.07) is 6.57. The van der Waals surface area contributed by atoms with E-state index in [1.54, 1.807) is 6.07 Å². The van der Waals surface area contributed by atoms with E-state index in [1.807, 2.05) is 19.1 Å². The molecule has 3 aromatic heterocycles. The number of halogens is 2. The summed E-state index contributed by atoms with van der Waals surface area (Å²) in [5, 5.41) is 5.00. The van der Waals surface area contributed by atoms with E-state index >= 15 is 0 Å². The molecule has 1 unspecified atom stereocenters. The first-order valence-electron chi connectivity index (χ1n) is 10.2. The molecule has 0 spiro atoms. The number of aryl methyl sites for hydroxylation is 1. The summed E-state index contributed by atoms with van der Waals surface area (Å²) in [5.41, 5.74) is 3.36. The number of aromatic nitrogens is 3. The zero-order valence-electron chi connectivity index (χ0n) is 17.2. The molecule has 1 saturated heterocycles. The molecule has 1 aliphatic heterocycles. The van der Waals surface area contributed by atoms with Gasteiger partial charge in [0.15, 0.2) is 5.78 Å². The fourth-order valence-electron chi connectivity index (χ4n) is 4.53. The molecule has 1 fully saturated rings. The Balaban J connectivity index is 1.86. The van der Waals surface area contributed by atoms with Gasteiger partial charge in [-0.3, -0.25) is 9.78 Å². The lowest BCUT2D eigenvalue weighted by molar-refractivity contribution is 0.0543. The molecule has 0 amide bonds. The lowest BCUT2D eigenvalue weighted by Crippen LogP contribution is -2.27. The lowest BCUT2D eigenvalue weighted by Gasteiger charge is -2.31. The van der Waals surface area contributed by atoms with Gasteiger partial charge in [0.05, 0.1) is 27.6 Å². The van der Waals surface area contributed by atoms with Crippen molar-refractivity contribution in [2.24, 2.45) is 5.92 Å². The lowest BCUT2D eigenvalue weighted by atomic mass is 9.89. The number of carbonyl (C=O) groups excluding carboxylic acids is 1. The second-order valence-electron chi connectivity index (χ2n) is 8.06. The smallest absolute Gasteiger partial charge is 0.161 e. The van der Waals surface area contributed by atoms with Crippen LogP contribution < -0.4 is 0 Å². The van der Waals surface area contributed by atoms with Crippen LogP contribution >= 0.6 is 11.6 Å². The van der Waals surface area contributed by atoms with E-state index in [0.717, 1.165) is 29.6 Å². The van der Waals surface area contributed by atoms with Gasteiger partial charge in [0.25, 0.3) is 0 Å². The Morgan fingerprint density at radius 3 is 2.68 bits per heavy atom. The van der Waals surface area contributed by atoms with Crippen LogP contribution in [0, 0.1) is 18.7 Å². The molecule has 160 valence electrons. The molecule has 4 aromatic rings. The maximum absolute atomic E-state index is 14.4. The fourth-order valence-corrected chi connectivity index (χ4v) is 4.69. The maximum atomic E-state index is 14.4. The Bertz CT molecular complexity index is 1310. The maximum Gasteiger partial charge on any atom is 0.161 e. The van der Waals surface area contributed by atoms with Gasteiger partial charge in [0, 0.05) is 36.4 Å². The summed E-state index contributed by atoms with van der Waals surface area (Å²) in [7, 11) is 0. The summed E-state index contributed by atoms with van der Waals surface area (Å²) in [5.74, 6) is 0.321. The van der Waals surface area contributed by atoms with Crippen molar-refractivity contribution in [3.05, 3.63) is 58.3 Å². The van der Waals surface area contributed by atoms with Gasteiger partial charge < -0.3 is 13.8 Å². The number of ether oxygens (including phenoxy) is 1. The molecule has 5 rings (SSSR count). The van der Waals surface area contributed by atoms with Crippen molar-refractivity contribution < 1.29 is 18.4 Å². The highest BCUT2D eigenvalue weighted by molar-refractivity contribution is 6.31. The van der Waals surface area contributed by atoms with Crippen LogP contribution in [0.2, 0.25) is 5.02 Å². The largest absolute Gasteiger partial charge is 0.381 e. The standard InChI is InChI=1S/C23H21ClFN3O3/c1-12-7-19(27-31-12)23(14-3-5-30-6-4-14)28-20-10-17(24)18(25)9-16(20)22-21(28)8-15(11-26-22)13(2)29/h7-11,14,23H,3-6H2,1-2H3. The van der Waals surface area contributed by atoms with Crippen LogP contribution in [0.1, 0.15) is 47.6 Å². The predicted molar refractivity (Wildman–Crippen MR) is 115 cm³/mol. The number of fused-ring (bicyclic) bond motifs is 3. The van der Waals surface area contributed by atoms with Crippen molar-refractivity contribution in [1.29, 1.82) is 0 Å². The third-order valence-corrected chi connectivity index (χ3v) is 6.32. The van der Waals surface area contributed by atoms with E-state index in [-0.39, 0.29) is 22.8 Å². The Hall–Kier alpha value is -2.77. The molecule has 1 aliphatic rings. The van der Waals surface area contributed by atoms with Crippen LogP contribution in [0.15, 0.2) is 35.0 Å². The molecular weight excluding hydrogens is 421 g/mol. The molecule has 0 aliphatic carbocycles. The minimum atomic E-state index is -0.509. The number of carbonyl (C=O) groups is 1. The van der Waals surface area contributed by atoms with E-state index in [2.05, 4.69) is 14.7 Å². The topological polar surface area (TPSA) is 70.2 Å². The first-order valence-corrected chi connectivity index (χ1v) is 10.6. The summed E-state index contributed by atoms with van der Waals surface area (Å²) in [6.45, 7) is 4.66. The van der Waals surface area contributed by atoms with E-state index in [1.165, 1.54) is 19.2 Å². The molecule has 1 aromatic carbocycles. The third kappa shape index (κ3) is 3.42. The number of Topliss-reactive ketones (excluding diaryl/α,β-unsaturated/α-hetero) is 1. The summed E-state index contributed by atoms with van der Waals surface area (Å²) in [4.78, 5) is 16.6. The van der Waals surface area contributed by atoms with Gasteiger partial charge in [-0.25, -0.2) is 4.39 Å². The zero-order chi connectivity index (χ0) is 21.7. The van der Waals surface area contributed by atoms with E-state index in [4.69, 9.17) is 20.9 Å². The molecule has 4 heterocycles. The molecule has 0 bridgehead atoms. The highest BCUT2D eigenvalue weighted by Gasteiger charge is 2.32. The van der Waals surface area contributed by atoms with Crippen LogP contribution in [0.4, 0.5) is 4.39 Å². The molecular formula is C23H21ClFN3O3. The summed E-state index contributed by atoms with van der Waals surface area (Å²) in [6.07, 6.45) is 3.21. The van der Waals surface area contributed by atoms with Gasteiger partial charge in [-0.05, 0) is 50.8 Å². The SMILES string of the molecule is CC(=O)c1cnc2c3cc(F)c(Cl)cc3n(C(c3cc(C)on3)C3CCOCC3)c2c1. The minimum absolute atomic E-state index is 0.0328. The van der Waals surface area contributed by atoms with Crippen molar-refractivity contribution in [1.82, 2.24) is 14.7 Å². The first kappa shape index (κ1) is 20.2. The van der Waals surface area contributed by atoms with Gasteiger partial charge in [-0.2, -0.15) is 0 Å². The second kappa shape index (κ2) is 7.73. The van der Waals surface area contributed by atoms with E-state index in [9.17, 15) is 9.18 Å². The molecule has 0 saturated carbocycles. The number of benzene rings is 1. The molecule has 1 atom stereocenters. The van der Waals surface area contributed by atoms with Gasteiger partial charge in [0.2, 0.25) is 0 Å². The van der Waals surface area contributed by atoms with Crippen molar-refractivity contribution >= 4 is 39.3 Å². The fraction of sp³-hybridized carbons (Fsp3) is 0.348. The Morgan fingerprint density at radius 1 is 1.23 bits per heavy atom. The second-order valence-corrected chi connectivity index (χ2v) is 8.47. The van der Waals surface area contributed by atoms with Crippen LogP contribution in [-0.4, -0.2) is 33.7 Å². The van der Waals surface area contributed by atoms with Crippen molar-refractivity contribution in [3.8, 4) is 0 Å². The molecule has 6 nitrogen and oxygen atoms in total. The molecule has 0 N–H and O–H groups in total. The third-order valence-electron chi connectivity index (χ3n) is 6.03. The first-order chi connectivity index (χ1) is 14.9. The number of rotatable bonds is 4. The van der Waals surface area contributed by atoms with E-state index in [0.29, 0.717) is 35.4 Å². The minimum Gasteiger partial charge on any atom is -0.381 e. The average molecular weight is 442 g/mol. The van der Waals surface area contributed by atoms with Gasteiger partial charge >= 0.3 is 0 Å². The number of hydrogen-bond donors (Lipinski definition) is 0.